The Hall–Kier alpha value is -2.37. The lowest BCUT2D eigenvalue weighted by Crippen LogP contribution is -2.26. The number of nitrogens with one attached hydrogen (secondary N) is 1. The highest BCUT2D eigenvalue weighted by Gasteiger charge is 2.12. The van der Waals surface area contributed by atoms with Crippen LogP contribution in [0.5, 0.6) is 0 Å². The van der Waals surface area contributed by atoms with E-state index in [2.05, 4.69) is 21.4 Å². The van der Waals surface area contributed by atoms with E-state index in [0.717, 1.165) is 17.8 Å². The van der Waals surface area contributed by atoms with Crippen LogP contribution in [0, 0.1) is 0 Å². The van der Waals surface area contributed by atoms with Crippen LogP contribution in [0.2, 0.25) is 0 Å². The summed E-state index contributed by atoms with van der Waals surface area (Å²) in [4.78, 5) is 0. The molecule has 4 nitrogen and oxygen atoms in total. The standard InChI is InChI=1S/C19H20N2O2S/c22-24(23,16-18-10-5-2-6-11-18)20-14-19-12-7-13-21(19)15-17-8-3-1-4-9-17/h1-13,20H,14-16H2. The molecule has 0 radical (unpaired) electrons. The zero-order valence-electron chi connectivity index (χ0n) is 13.3. The van der Waals surface area contributed by atoms with Crippen molar-refractivity contribution in [1.29, 1.82) is 0 Å². The monoisotopic (exact) mass is 340 g/mol. The third kappa shape index (κ3) is 4.57. The predicted molar refractivity (Wildman–Crippen MR) is 95.9 cm³/mol. The zero-order valence-corrected chi connectivity index (χ0v) is 14.1. The molecule has 0 bridgehead atoms. The second-order valence-corrected chi connectivity index (χ2v) is 7.49. The van der Waals surface area contributed by atoms with E-state index in [1.165, 1.54) is 5.56 Å². The lowest BCUT2D eigenvalue weighted by molar-refractivity contribution is 0.577. The average molecular weight is 340 g/mol. The second kappa shape index (κ2) is 7.47. The van der Waals surface area contributed by atoms with Crippen molar-refractivity contribution in [1.82, 2.24) is 9.29 Å². The van der Waals surface area contributed by atoms with Crippen LogP contribution in [0.15, 0.2) is 79.0 Å². The summed E-state index contributed by atoms with van der Waals surface area (Å²) in [6.07, 6.45) is 1.97. The maximum Gasteiger partial charge on any atom is 0.216 e. The topological polar surface area (TPSA) is 51.1 Å². The molecule has 1 heterocycles. The first-order valence-electron chi connectivity index (χ1n) is 7.82. The van der Waals surface area contributed by atoms with Gasteiger partial charge < -0.3 is 4.57 Å². The van der Waals surface area contributed by atoms with Gasteiger partial charge in [0, 0.05) is 18.4 Å². The molecule has 2 aromatic carbocycles. The number of rotatable bonds is 7. The first-order chi connectivity index (χ1) is 11.6. The summed E-state index contributed by atoms with van der Waals surface area (Å²) in [6, 6.07) is 23.2. The number of sulfonamides is 1. The van der Waals surface area contributed by atoms with Crippen molar-refractivity contribution in [2.24, 2.45) is 0 Å². The Morgan fingerprint density at radius 3 is 2.08 bits per heavy atom. The average Bonchev–Trinajstić information content (AvgIpc) is 3.02. The van der Waals surface area contributed by atoms with Crippen LogP contribution in [0.4, 0.5) is 0 Å². The Balaban J connectivity index is 1.64. The Labute approximate surface area is 142 Å². The SMILES string of the molecule is O=S(=O)(Cc1ccccc1)NCc1cccn1Cc1ccccc1. The molecule has 3 rings (SSSR count). The van der Waals surface area contributed by atoms with Crippen molar-refractivity contribution >= 4 is 10.0 Å². The molecule has 1 N–H and O–H groups in total. The Bertz CT molecular complexity index is 872. The van der Waals surface area contributed by atoms with Gasteiger partial charge in [0.25, 0.3) is 0 Å². The first kappa shape index (κ1) is 16.5. The van der Waals surface area contributed by atoms with Gasteiger partial charge in [0.05, 0.1) is 12.3 Å². The molecule has 0 saturated carbocycles. The highest BCUT2D eigenvalue weighted by atomic mass is 32.2. The molecule has 3 aromatic rings. The Morgan fingerprint density at radius 2 is 1.42 bits per heavy atom. The molecule has 0 amide bonds. The second-order valence-electron chi connectivity index (χ2n) is 5.68. The summed E-state index contributed by atoms with van der Waals surface area (Å²) in [5.41, 5.74) is 2.90. The van der Waals surface area contributed by atoms with Crippen LogP contribution >= 0.6 is 0 Å². The third-order valence-electron chi connectivity index (χ3n) is 3.79. The van der Waals surface area contributed by atoms with Gasteiger partial charge in [0.15, 0.2) is 0 Å². The van der Waals surface area contributed by atoms with E-state index >= 15 is 0 Å². The molecular weight excluding hydrogens is 320 g/mol. The van der Waals surface area contributed by atoms with Crippen molar-refractivity contribution in [2.75, 3.05) is 0 Å². The molecule has 0 aliphatic heterocycles. The summed E-state index contributed by atoms with van der Waals surface area (Å²) in [5.74, 6) is -0.00671. The van der Waals surface area contributed by atoms with E-state index in [-0.39, 0.29) is 12.3 Å². The molecule has 5 heteroatoms. The third-order valence-corrected chi connectivity index (χ3v) is 5.09. The molecule has 0 atom stereocenters. The van der Waals surface area contributed by atoms with E-state index in [1.807, 2.05) is 66.9 Å². The van der Waals surface area contributed by atoms with Crippen LogP contribution < -0.4 is 4.72 Å². The van der Waals surface area contributed by atoms with Gasteiger partial charge in [-0.15, -0.1) is 0 Å². The molecule has 0 spiro atoms. The molecule has 0 unspecified atom stereocenters. The van der Waals surface area contributed by atoms with Gasteiger partial charge in [-0.05, 0) is 23.3 Å². The van der Waals surface area contributed by atoms with Gasteiger partial charge in [-0.2, -0.15) is 0 Å². The number of hydrogen-bond donors (Lipinski definition) is 1. The van der Waals surface area contributed by atoms with Crippen LogP contribution in [0.3, 0.4) is 0 Å². The maximum absolute atomic E-state index is 12.2. The quantitative estimate of drug-likeness (QED) is 0.718. The van der Waals surface area contributed by atoms with Crippen molar-refractivity contribution in [3.8, 4) is 0 Å². The summed E-state index contributed by atoms with van der Waals surface area (Å²) in [7, 11) is -3.36. The van der Waals surface area contributed by atoms with Gasteiger partial charge in [0.2, 0.25) is 10.0 Å². The minimum Gasteiger partial charge on any atom is -0.346 e. The van der Waals surface area contributed by atoms with E-state index in [4.69, 9.17) is 0 Å². The fraction of sp³-hybridized carbons (Fsp3) is 0.158. The lowest BCUT2D eigenvalue weighted by atomic mass is 10.2. The lowest BCUT2D eigenvalue weighted by Gasteiger charge is -2.11. The molecule has 0 aliphatic rings. The molecule has 1 aromatic heterocycles. The van der Waals surface area contributed by atoms with E-state index in [9.17, 15) is 8.42 Å². The molecule has 124 valence electrons. The minimum absolute atomic E-state index is 0.00671. The number of hydrogen-bond acceptors (Lipinski definition) is 2. The summed E-state index contributed by atoms with van der Waals surface area (Å²) in [5, 5.41) is 0. The Kier molecular flexibility index (Phi) is 5.13. The van der Waals surface area contributed by atoms with Crippen molar-refractivity contribution in [2.45, 2.75) is 18.8 Å². The first-order valence-corrected chi connectivity index (χ1v) is 9.47. The van der Waals surface area contributed by atoms with Gasteiger partial charge in [0.1, 0.15) is 0 Å². The fourth-order valence-electron chi connectivity index (χ4n) is 2.57. The minimum atomic E-state index is -3.36. The highest BCUT2D eigenvalue weighted by molar-refractivity contribution is 7.88. The number of aromatic nitrogens is 1. The number of nitrogens with zero attached hydrogens (tertiary/aromatic N) is 1. The van der Waals surface area contributed by atoms with E-state index in [0.29, 0.717) is 0 Å². The molecule has 24 heavy (non-hydrogen) atoms. The number of benzene rings is 2. The predicted octanol–water partition coefficient (Wildman–Crippen LogP) is 3.16. The van der Waals surface area contributed by atoms with Gasteiger partial charge >= 0.3 is 0 Å². The van der Waals surface area contributed by atoms with Gasteiger partial charge in [-0.1, -0.05) is 60.7 Å². The summed E-state index contributed by atoms with van der Waals surface area (Å²) >= 11 is 0. The van der Waals surface area contributed by atoms with E-state index < -0.39 is 10.0 Å². The maximum atomic E-state index is 12.2. The van der Waals surface area contributed by atoms with Crippen LogP contribution in [-0.2, 0) is 28.9 Å². The highest BCUT2D eigenvalue weighted by Crippen LogP contribution is 2.09. The largest absolute Gasteiger partial charge is 0.346 e. The molecule has 0 aliphatic carbocycles. The fourth-order valence-corrected chi connectivity index (χ4v) is 3.67. The van der Waals surface area contributed by atoms with Crippen LogP contribution in [0.1, 0.15) is 16.8 Å². The smallest absolute Gasteiger partial charge is 0.216 e. The Morgan fingerprint density at radius 1 is 0.792 bits per heavy atom. The van der Waals surface area contributed by atoms with Crippen LogP contribution in [-0.4, -0.2) is 13.0 Å². The molecule has 0 fully saturated rings. The normalized spacial score (nSPS) is 11.5. The molecule has 0 saturated heterocycles. The van der Waals surface area contributed by atoms with E-state index in [1.54, 1.807) is 0 Å². The van der Waals surface area contributed by atoms with Crippen molar-refractivity contribution < 1.29 is 8.42 Å². The van der Waals surface area contributed by atoms with Gasteiger partial charge in [-0.3, -0.25) is 0 Å². The van der Waals surface area contributed by atoms with Crippen molar-refractivity contribution in [3.63, 3.8) is 0 Å². The summed E-state index contributed by atoms with van der Waals surface area (Å²) in [6.45, 7) is 1.01. The summed E-state index contributed by atoms with van der Waals surface area (Å²) < 4.78 is 29.2. The molecular formula is C19H20N2O2S. The van der Waals surface area contributed by atoms with Gasteiger partial charge in [-0.25, -0.2) is 13.1 Å². The van der Waals surface area contributed by atoms with Crippen molar-refractivity contribution in [3.05, 3.63) is 95.8 Å². The zero-order chi connectivity index (χ0) is 16.8. The van der Waals surface area contributed by atoms with Crippen LogP contribution in [0.25, 0.3) is 0 Å².